The number of fused-ring (bicyclic) bond motifs is 8. The first kappa shape index (κ1) is 39.6. The highest BCUT2D eigenvalue weighted by atomic mass is 19.2. The van der Waals surface area contributed by atoms with Gasteiger partial charge in [0.05, 0.1) is 39.0 Å². The Hall–Kier alpha value is -5.06. The van der Waals surface area contributed by atoms with Crippen molar-refractivity contribution in [1.82, 2.24) is 4.90 Å². The summed E-state index contributed by atoms with van der Waals surface area (Å²) in [4.78, 5) is 30.1. The molecular formula is C45H50F2N2O6. The molecule has 0 aromatic heterocycles. The van der Waals surface area contributed by atoms with E-state index in [1.165, 1.54) is 6.07 Å². The van der Waals surface area contributed by atoms with E-state index in [-0.39, 0.29) is 24.6 Å². The summed E-state index contributed by atoms with van der Waals surface area (Å²) in [5, 5.41) is 27.0. The zero-order valence-corrected chi connectivity index (χ0v) is 31.9. The van der Waals surface area contributed by atoms with Gasteiger partial charge < -0.3 is 29.9 Å². The van der Waals surface area contributed by atoms with Gasteiger partial charge in [-0.15, -0.1) is 0 Å². The van der Waals surface area contributed by atoms with Crippen LogP contribution in [0.4, 0.5) is 19.3 Å². The molecule has 0 aliphatic heterocycles. The first-order valence-electron chi connectivity index (χ1n) is 18.8. The first-order chi connectivity index (χ1) is 26.3. The second kappa shape index (κ2) is 16.8. The average Bonchev–Trinajstić information content (AvgIpc) is 3.43. The Morgan fingerprint density at radius 2 is 1.71 bits per heavy atom. The molecule has 290 valence electrons. The van der Waals surface area contributed by atoms with Gasteiger partial charge in [0.15, 0.2) is 17.4 Å². The van der Waals surface area contributed by atoms with Crippen molar-refractivity contribution in [2.45, 2.75) is 83.0 Å². The lowest BCUT2D eigenvalue weighted by Crippen LogP contribution is -2.54. The number of hydrogen-bond donors (Lipinski definition) is 3. The van der Waals surface area contributed by atoms with E-state index in [9.17, 15) is 28.6 Å². The second-order valence-electron chi connectivity index (χ2n) is 15.2. The van der Waals surface area contributed by atoms with Crippen molar-refractivity contribution in [3.63, 3.8) is 0 Å². The van der Waals surface area contributed by atoms with Crippen molar-refractivity contribution in [3.8, 4) is 11.5 Å². The highest BCUT2D eigenvalue weighted by Crippen LogP contribution is 2.59. The SMILES string of the molecule is COc1ccc(CN(C[C@]2(O)CC[C@H]3c4ccc(cc4C(=O)c4ccc(F)c(F)c4)C[C@@H](O)CCC(C)=CCC[C@@]32C)C(=O)Nc2ccccc2)c(OC)c1. The number of allylic oxidation sites excluding steroid dienone is 2. The summed E-state index contributed by atoms with van der Waals surface area (Å²) in [5.41, 5.74) is 1.91. The monoisotopic (exact) mass is 752 g/mol. The lowest BCUT2D eigenvalue weighted by molar-refractivity contribution is -0.0773. The minimum Gasteiger partial charge on any atom is -0.497 e. The largest absolute Gasteiger partial charge is 0.497 e. The lowest BCUT2D eigenvalue weighted by Gasteiger charge is -2.46. The Morgan fingerprint density at radius 1 is 0.927 bits per heavy atom. The number of carbonyl (C=O) groups is 2. The van der Waals surface area contributed by atoms with Gasteiger partial charge in [-0.2, -0.15) is 0 Å². The Kier molecular flexibility index (Phi) is 12.1. The fourth-order valence-electron chi connectivity index (χ4n) is 8.42. The Morgan fingerprint density at radius 3 is 2.44 bits per heavy atom. The van der Waals surface area contributed by atoms with Crippen LogP contribution in [-0.2, 0) is 13.0 Å². The zero-order chi connectivity index (χ0) is 39.3. The molecule has 8 nitrogen and oxygen atoms in total. The number of aliphatic hydroxyl groups is 2. The molecule has 3 N–H and O–H groups in total. The molecule has 55 heavy (non-hydrogen) atoms. The quantitative estimate of drug-likeness (QED) is 0.116. The molecule has 0 radical (unpaired) electrons. The molecule has 4 aromatic rings. The summed E-state index contributed by atoms with van der Waals surface area (Å²) < 4.78 is 39.6. The smallest absolute Gasteiger partial charge is 0.322 e. The number of para-hydroxylation sites is 1. The third-order valence-electron chi connectivity index (χ3n) is 11.7. The number of ketones is 1. The van der Waals surface area contributed by atoms with Crippen molar-refractivity contribution in [2.75, 3.05) is 26.1 Å². The van der Waals surface area contributed by atoms with Gasteiger partial charge in [-0.1, -0.05) is 48.9 Å². The number of nitrogens with one attached hydrogen (secondary N) is 1. The third kappa shape index (κ3) is 8.61. The van der Waals surface area contributed by atoms with Crippen LogP contribution in [0.25, 0.3) is 0 Å². The zero-order valence-electron chi connectivity index (χ0n) is 31.9. The predicted octanol–water partition coefficient (Wildman–Crippen LogP) is 8.99. The molecule has 7 rings (SSSR count). The number of ether oxygens (including phenoxy) is 2. The van der Waals surface area contributed by atoms with E-state index >= 15 is 0 Å². The summed E-state index contributed by atoms with van der Waals surface area (Å²) in [6, 6.07) is 22.8. The maximum absolute atomic E-state index is 14.5. The van der Waals surface area contributed by atoms with E-state index in [0.717, 1.165) is 28.8 Å². The van der Waals surface area contributed by atoms with E-state index < -0.39 is 40.6 Å². The summed E-state index contributed by atoms with van der Waals surface area (Å²) in [7, 11) is 3.12. The number of nitrogens with zero attached hydrogens (tertiary/aromatic N) is 1. The van der Waals surface area contributed by atoms with Gasteiger partial charge in [0.25, 0.3) is 0 Å². The number of hydrogen-bond acceptors (Lipinski definition) is 6. The molecule has 0 saturated heterocycles. The Labute approximate surface area is 321 Å². The number of anilines is 1. The second-order valence-corrected chi connectivity index (χ2v) is 15.2. The van der Waals surface area contributed by atoms with Gasteiger partial charge in [0.2, 0.25) is 0 Å². The number of carbonyl (C=O) groups excluding carboxylic acids is 2. The van der Waals surface area contributed by atoms with Crippen molar-refractivity contribution in [2.24, 2.45) is 5.41 Å². The van der Waals surface area contributed by atoms with Crippen LogP contribution >= 0.6 is 0 Å². The van der Waals surface area contributed by atoms with Gasteiger partial charge in [-0.25, -0.2) is 13.6 Å². The lowest BCUT2D eigenvalue weighted by atomic mass is 9.64. The normalized spacial score (nSPS) is 22.6. The number of aliphatic hydroxyl groups excluding tert-OH is 1. The summed E-state index contributed by atoms with van der Waals surface area (Å²) in [6.45, 7) is 4.16. The highest BCUT2D eigenvalue weighted by molar-refractivity contribution is 6.10. The van der Waals surface area contributed by atoms with Crippen molar-refractivity contribution >= 4 is 17.5 Å². The fourth-order valence-corrected chi connectivity index (χ4v) is 8.42. The summed E-state index contributed by atoms with van der Waals surface area (Å²) in [6.07, 6.45) is 5.00. The molecule has 0 heterocycles. The van der Waals surface area contributed by atoms with Crippen molar-refractivity contribution in [1.29, 1.82) is 0 Å². The molecule has 2 bridgehead atoms. The van der Waals surface area contributed by atoms with E-state index in [1.807, 2.05) is 50.2 Å². The molecule has 4 aromatic carbocycles. The van der Waals surface area contributed by atoms with Crippen LogP contribution in [0.1, 0.15) is 90.9 Å². The van der Waals surface area contributed by atoms with E-state index in [4.69, 9.17) is 9.47 Å². The maximum atomic E-state index is 14.5. The van der Waals surface area contributed by atoms with Crippen LogP contribution in [0.2, 0.25) is 0 Å². The fraction of sp³-hybridized carbons (Fsp3) is 0.378. The molecule has 3 aliphatic rings. The molecule has 2 amide bonds. The van der Waals surface area contributed by atoms with Crippen LogP contribution in [0.5, 0.6) is 11.5 Å². The number of urea groups is 1. The van der Waals surface area contributed by atoms with Gasteiger partial charge in [-0.3, -0.25) is 4.79 Å². The molecule has 4 atom stereocenters. The van der Waals surface area contributed by atoms with Gasteiger partial charge in [-0.05, 0) is 117 Å². The van der Waals surface area contributed by atoms with E-state index in [2.05, 4.69) is 11.4 Å². The average molecular weight is 753 g/mol. The standard InChI is InChI=1S/C45H50F2N2O6/c1-29-9-8-21-44(2)38(36-18-13-30(23-34(50)16-12-29)24-37(36)42(51)31-15-19-39(46)40(47)25-31)20-22-45(44,53)28-49(43(52)48-33-10-6-5-7-11-33)27-32-14-17-35(54-3)26-41(32)55-4/h5-7,9-11,13-15,17-19,24-26,34,38,50,53H,8,12,16,20-23,27-28H2,1-4H3,(H,48,52)/t34-,38-,44-,45+/m0/s1. The predicted molar refractivity (Wildman–Crippen MR) is 209 cm³/mol. The molecule has 10 heteroatoms. The molecule has 1 saturated carbocycles. The topological polar surface area (TPSA) is 108 Å². The third-order valence-corrected chi connectivity index (χ3v) is 11.7. The number of methoxy groups -OCH3 is 2. The molecule has 3 aliphatic carbocycles. The van der Waals surface area contributed by atoms with Gasteiger partial charge >= 0.3 is 6.03 Å². The number of benzene rings is 4. The minimum atomic E-state index is -1.43. The molecule has 1 fully saturated rings. The van der Waals surface area contributed by atoms with E-state index in [1.54, 1.807) is 49.5 Å². The van der Waals surface area contributed by atoms with Crippen LogP contribution in [0.15, 0.2) is 96.6 Å². The van der Waals surface area contributed by atoms with Crippen molar-refractivity contribution in [3.05, 3.63) is 136 Å². The minimum absolute atomic E-state index is 0.00433. The number of halogens is 2. The van der Waals surface area contributed by atoms with Gasteiger partial charge in [0, 0.05) is 33.9 Å². The van der Waals surface area contributed by atoms with E-state index in [0.29, 0.717) is 73.3 Å². The molecule has 0 spiro atoms. The first-order valence-corrected chi connectivity index (χ1v) is 18.8. The Balaban J connectivity index is 1.44. The number of amides is 2. The molecule has 0 unspecified atom stereocenters. The van der Waals surface area contributed by atoms with Crippen LogP contribution in [0.3, 0.4) is 0 Å². The van der Waals surface area contributed by atoms with Gasteiger partial charge in [0.1, 0.15) is 11.5 Å². The van der Waals surface area contributed by atoms with Crippen LogP contribution < -0.4 is 14.8 Å². The van der Waals surface area contributed by atoms with Crippen LogP contribution in [-0.4, -0.2) is 59.4 Å². The van der Waals surface area contributed by atoms with Crippen molar-refractivity contribution < 1.29 is 38.1 Å². The highest BCUT2D eigenvalue weighted by Gasteiger charge is 2.57. The summed E-state index contributed by atoms with van der Waals surface area (Å²) >= 11 is 0. The number of rotatable bonds is 9. The Bertz CT molecular complexity index is 2050. The summed E-state index contributed by atoms with van der Waals surface area (Å²) in [5.74, 6) is -1.86. The van der Waals surface area contributed by atoms with Crippen LogP contribution in [0, 0.1) is 17.0 Å². The maximum Gasteiger partial charge on any atom is 0.322 e. The molecular weight excluding hydrogens is 702 g/mol.